The minimum absolute atomic E-state index is 0.667. The molecule has 1 N–H and O–H groups in total. The first-order chi connectivity index (χ1) is 8.29. The molecule has 0 radical (unpaired) electrons. The van der Waals surface area contributed by atoms with Crippen LogP contribution in [0.3, 0.4) is 0 Å². The Morgan fingerprint density at radius 1 is 1.35 bits per heavy atom. The Labute approximate surface area is 101 Å². The number of nitrogens with zero attached hydrogens (tertiary/aromatic N) is 1. The van der Waals surface area contributed by atoms with Crippen LogP contribution in [0.2, 0.25) is 0 Å². The largest absolute Gasteiger partial charge is 0.494 e. The quantitative estimate of drug-likeness (QED) is 0.860. The molecule has 17 heavy (non-hydrogen) atoms. The maximum absolute atomic E-state index is 5.55. The molecule has 0 saturated heterocycles. The normalized spacial score (nSPS) is 10.2. The van der Waals surface area contributed by atoms with Gasteiger partial charge in [0.1, 0.15) is 11.5 Å². The highest BCUT2D eigenvalue weighted by Crippen LogP contribution is 2.19. The van der Waals surface area contributed by atoms with Crippen molar-refractivity contribution in [1.82, 2.24) is 5.16 Å². The van der Waals surface area contributed by atoms with Gasteiger partial charge in [0, 0.05) is 18.2 Å². The van der Waals surface area contributed by atoms with Crippen molar-refractivity contribution >= 4 is 5.82 Å². The number of rotatable bonds is 5. The van der Waals surface area contributed by atoms with E-state index in [4.69, 9.17) is 9.26 Å². The Morgan fingerprint density at radius 3 is 2.88 bits per heavy atom. The lowest BCUT2D eigenvalue weighted by molar-refractivity contribution is 0.337. The molecular formula is C13H16N2O2. The van der Waals surface area contributed by atoms with Crippen molar-refractivity contribution in [2.24, 2.45) is 0 Å². The van der Waals surface area contributed by atoms with Gasteiger partial charge in [-0.05, 0) is 19.9 Å². The van der Waals surface area contributed by atoms with E-state index in [1.165, 1.54) is 0 Å². The molecule has 0 aliphatic rings. The van der Waals surface area contributed by atoms with E-state index in [1.54, 1.807) is 0 Å². The highest BCUT2D eigenvalue weighted by atomic mass is 16.5. The number of para-hydroxylation sites is 1. The third-order valence-electron chi connectivity index (χ3n) is 2.36. The highest BCUT2D eigenvalue weighted by molar-refractivity contribution is 5.39. The van der Waals surface area contributed by atoms with Crippen molar-refractivity contribution in [1.29, 1.82) is 0 Å². The summed E-state index contributed by atoms with van der Waals surface area (Å²) in [5.74, 6) is 2.45. The maximum Gasteiger partial charge on any atom is 0.169 e. The van der Waals surface area contributed by atoms with Crippen molar-refractivity contribution in [3.05, 3.63) is 41.7 Å². The Bertz CT molecular complexity index is 480. The van der Waals surface area contributed by atoms with Crippen molar-refractivity contribution in [2.75, 3.05) is 11.9 Å². The van der Waals surface area contributed by atoms with Gasteiger partial charge in [0.15, 0.2) is 5.82 Å². The minimum Gasteiger partial charge on any atom is -0.494 e. The first kappa shape index (κ1) is 11.5. The standard InChI is InChI=1S/C13H16N2O2/c1-3-16-12-7-5-4-6-11(12)9-14-13-8-10(2)17-15-13/h4-8H,3,9H2,1-2H3,(H,14,15). The molecule has 4 nitrogen and oxygen atoms in total. The summed E-state index contributed by atoms with van der Waals surface area (Å²) in [6.07, 6.45) is 0. The molecule has 0 fully saturated rings. The summed E-state index contributed by atoms with van der Waals surface area (Å²) in [6.45, 7) is 5.18. The van der Waals surface area contributed by atoms with Crippen LogP contribution in [0.4, 0.5) is 5.82 Å². The lowest BCUT2D eigenvalue weighted by atomic mass is 10.2. The van der Waals surface area contributed by atoms with Gasteiger partial charge >= 0.3 is 0 Å². The van der Waals surface area contributed by atoms with Crippen LogP contribution in [-0.4, -0.2) is 11.8 Å². The Morgan fingerprint density at radius 2 is 2.18 bits per heavy atom. The molecule has 0 atom stereocenters. The van der Waals surface area contributed by atoms with E-state index in [0.717, 1.165) is 22.9 Å². The van der Waals surface area contributed by atoms with E-state index in [0.29, 0.717) is 13.2 Å². The van der Waals surface area contributed by atoms with Gasteiger partial charge in [-0.2, -0.15) is 0 Å². The molecule has 1 heterocycles. The lowest BCUT2D eigenvalue weighted by Crippen LogP contribution is -2.03. The maximum atomic E-state index is 5.55. The van der Waals surface area contributed by atoms with Gasteiger partial charge in [0.05, 0.1) is 6.61 Å². The van der Waals surface area contributed by atoms with Crippen LogP contribution in [0.15, 0.2) is 34.9 Å². The van der Waals surface area contributed by atoms with Gasteiger partial charge in [-0.3, -0.25) is 0 Å². The fourth-order valence-electron chi connectivity index (χ4n) is 1.58. The molecule has 4 heteroatoms. The summed E-state index contributed by atoms with van der Waals surface area (Å²) in [6, 6.07) is 9.82. The zero-order valence-corrected chi connectivity index (χ0v) is 10.1. The summed E-state index contributed by atoms with van der Waals surface area (Å²) in [7, 11) is 0. The SMILES string of the molecule is CCOc1ccccc1CNc1cc(C)on1. The smallest absolute Gasteiger partial charge is 0.169 e. The molecule has 0 amide bonds. The van der Waals surface area contributed by atoms with E-state index >= 15 is 0 Å². The molecule has 0 unspecified atom stereocenters. The van der Waals surface area contributed by atoms with Crippen molar-refractivity contribution in [2.45, 2.75) is 20.4 Å². The Kier molecular flexibility index (Phi) is 3.65. The summed E-state index contributed by atoms with van der Waals surface area (Å²) >= 11 is 0. The van der Waals surface area contributed by atoms with E-state index < -0.39 is 0 Å². The van der Waals surface area contributed by atoms with Crippen LogP contribution in [0, 0.1) is 6.92 Å². The molecule has 0 bridgehead atoms. The fourth-order valence-corrected chi connectivity index (χ4v) is 1.58. The van der Waals surface area contributed by atoms with Crippen LogP contribution in [0.25, 0.3) is 0 Å². The van der Waals surface area contributed by atoms with Crippen LogP contribution in [0.1, 0.15) is 18.2 Å². The highest BCUT2D eigenvalue weighted by Gasteiger charge is 2.04. The molecule has 1 aromatic carbocycles. The van der Waals surface area contributed by atoms with Crippen LogP contribution in [-0.2, 0) is 6.54 Å². The lowest BCUT2D eigenvalue weighted by Gasteiger charge is -2.09. The average molecular weight is 232 g/mol. The number of aromatic nitrogens is 1. The van der Waals surface area contributed by atoms with Crippen LogP contribution < -0.4 is 10.1 Å². The number of ether oxygens (including phenoxy) is 1. The molecule has 90 valence electrons. The van der Waals surface area contributed by atoms with Crippen LogP contribution in [0.5, 0.6) is 5.75 Å². The van der Waals surface area contributed by atoms with Crippen molar-refractivity contribution < 1.29 is 9.26 Å². The second-order valence-corrected chi connectivity index (χ2v) is 3.72. The van der Waals surface area contributed by atoms with E-state index in [-0.39, 0.29) is 0 Å². The Balaban J connectivity index is 2.03. The summed E-state index contributed by atoms with van der Waals surface area (Å²) in [5.41, 5.74) is 1.11. The van der Waals surface area contributed by atoms with Gasteiger partial charge in [-0.15, -0.1) is 0 Å². The molecule has 2 aromatic rings. The topological polar surface area (TPSA) is 47.3 Å². The number of hydrogen-bond donors (Lipinski definition) is 1. The van der Waals surface area contributed by atoms with E-state index in [2.05, 4.69) is 10.5 Å². The van der Waals surface area contributed by atoms with Crippen LogP contribution >= 0.6 is 0 Å². The predicted molar refractivity (Wildman–Crippen MR) is 66.2 cm³/mol. The van der Waals surface area contributed by atoms with E-state index in [9.17, 15) is 0 Å². The molecule has 2 rings (SSSR count). The first-order valence-electron chi connectivity index (χ1n) is 5.67. The monoisotopic (exact) mass is 232 g/mol. The second-order valence-electron chi connectivity index (χ2n) is 3.72. The van der Waals surface area contributed by atoms with Gasteiger partial charge in [-0.25, -0.2) is 0 Å². The van der Waals surface area contributed by atoms with Gasteiger partial charge < -0.3 is 14.6 Å². The minimum atomic E-state index is 0.667. The number of hydrogen-bond acceptors (Lipinski definition) is 4. The molecule has 0 aliphatic heterocycles. The fraction of sp³-hybridized carbons (Fsp3) is 0.308. The van der Waals surface area contributed by atoms with E-state index in [1.807, 2.05) is 44.2 Å². The molecule has 0 saturated carbocycles. The third kappa shape index (κ3) is 3.00. The number of nitrogens with one attached hydrogen (secondary N) is 1. The van der Waals surface area contributed by atoms with Gasteiger partial charge in [0.25, 0.3) is 0 Å². The molecule has 0 aliphatic carbocycles. The summed E-state index contributed by atoms with van der Waals surface area (Å²) < 4.78 is 10.5. The molecule has 1 aromatic heterocycles. The van der Waals surface area contributed by atoms with Crippen molar-refractivity contribution in [3.8, 4) is 5.75 Å². The molecular weight excluding hydrogens is 216 g/mol. The zero-order valence-electron chi connectivity index (χ0n) is 10.1. The number of aryl methyl sites for hydroxylation is 1. The predicted octanol–water partition coefficient (Wildman–Crippen LogP) is 2.99. The molecule has 0 spiro atoms. The zero-order chi connectivity index (χ0) is 12.1. The Hall–Kier alpha value is -1.97. The summed E-state index contributed by atoms with van der Waals surface area (Å²) in [4.78, 5) is 0. The average Bonchev–Trinajstić information content (AvgIpc) is 2.74. The summed E-state index contributed by atoms with van der Waals surface area (Å²) in [5, 5.41) is 7.08. The third-order valence-corrected chi connectivity index (χ3v) is 2.36. The second kappa shape index (κ2) is 5.39. The van der Waals surface area contributed by atoms with Gasteiger partial charge in [0.2, 0.25) is 0 Å². The van der Waals surface area contributed by atoms with Gasteiger partial charge in [-0.1, -0.05) is 23.4 Å². The number of benzene rings is 1. The number of anilines is 1. The van der Waals surface area contributed by atoms with Crippen molar-refractivity contribution in [3.63, 3.8) is 0 Å². The first-order valence-corrected chi connectivity index (χ1v) is 5.67.